The van der Waals surface area contributed by atoms with Crippen molar-refractivity contribution in [2.24, 2.45) is 5.92 Å². The smallest absolute Gasteiger partial charge is 0.396 e. The first-order valence-corrected chi connectivity index (χ1v) is 13.0. The number of aromatic nitrogens is 1. The number of thiazole rings is 1. The van der Waals surface area contributed by atoms with E-state index in [9.17, 15) is 37.9 Å². The van der Waals surface area contributed by atoms with E-state index in [2.05, 4.69) is 10.6 Å². The minimum atomic E-state index is -4.65. The van der Waals surface area contributed by atoms with Gasteiger partial charge in [0.25, 0.3) is 11.5 Å². The van der Waals surface area contributed by atoms with Gasteiger partial charge >= 0.3 is 6.18 Å². The number of carbonyl (C=O) groups is 2. The summed E-state index contributed by atoms with van der Waals surface area (Å²) in [4.78, 5) is 39.6. The molecule has 1 aliphatic heterocycles. The van der Waals surface area contributed by atoms with Gasteiger partial charge in [0, 0.05) is 30.7 Å². The molecule has 1 aromatic carbocycles. The molecule has 0 saturated carbocycles. The van der Waals surface area contributed by atoms with Crippen LogP contribution < -0.4 is 30.7 Å². The number of amides is 2. The second-order valence-corrected chi connectivity index (χ2v) is 9.96. The summed E-state index contributed by atoms with van der Waals surface area (Å²) in [5, 5.41) is 26.1. The Kier molecular flexibility index (Phi) is 10.3. The maximum absolute atomic E-state index is 12.8. The number of hydrogen-bond acceptors (Lipinski definition) is 8. The molecule has 1 saturated heterocycles. The summed E-state index contributed by atoms with van der Waals surface area (Å²) in [5.74, 6) is -1.13. The monoisotopic (exact) mass is 566 g/mol. The van der Waals surface area contributed by atoms with Crippen LogP contribution in [-0.2, 0) is 16.1 Å². The Morgan fingerprint density at radius 1 is 1.26 bits per heavy atom. The number of benzene rings is 1. The number of hydrogen-bond donors (Lipinski definition) is 4. The van der Waals surface area contributed by atoms with Crippen LogP contribution in [0, 0.1) is 17.2 Å². The third-order valence-corrected chi connectivity index (χ3v) is 7.21. The van der Waals surface area contributed by atoms with Gasteiger partial charge in [0.05, 0.1) is 6.54 Å². The lowest BCUT2D eigenvalue weighted by Gasteiger charge is -2.30. The van der Waals surface area contributed by atoms with E-state index in [1.54, 1.807) is 42.6 Å². The molecule has 39 heavy (non-hydrogen) atoms. The summed E-state index contributed by atoms with van der Waals surface area (Å²) in [7, 11) is 0. The SMILES string of the molecule is CCn1c(=O)/c(=C\Nc2cccc(NC(=O)CN3CCC(CO)CC3)c2)s/c1=C(/C#N)C(=O)NCC(F)(F)F. The van der Waals surface area contributed by atoms with E-state index >= 15 is 0 Å². The van der Waals surface area contributed by atoms with E-state index in [0.717, 1.165) is 41.8 Å². The fraction of sp³-hybridized carbons (Fsp3) is 0.440. The van der Waals surface area contributed by atoms with Gasteiger partial charge in [-0.1, -0.05) is 6.07 Å². The van der Waals surface area contributed by atoms with Crippen molar-refractivity contribution in [3.63, 3.8) is 0 Å². The van der Waals surface area contributed by atoms with Crippen molar-refractivity contribution in [3.8, 4) is 6.07 Å². The summed E-state index contributed by atoms with van der Waals surface area (Å²) < 4.78 is 38.7. The third kappa shape index (κ3) is 8.41. The molecule has 0 bridgehead atoms. The largest absolute Gasteiger partial charge is 0.405 e. The van der Waals surface area contributed by atoms with Gasteiger partial charge in [0.15, 0.2) is 5.57 Å². The van der Waals surface area contributed by atoms with Crippen LogP contribution in [0.2, 0.25) is 0 Å². The lowest BCUT2D eigenvalue weighted by molar-refractivity contribution is -0.135. The number of aliphatic hydroxyl groups is 1. The summed E-state index contributed by atoms with van der Waals surface area (Å²) in [5.41, 5.74) is -0.0340. The number of rotatable bonds is 9. The number of alkyl halides is 3. The Balaban J connectivity index is 1.75. The molecule has 1 fully saturated rings. The average Bonchev–Trinajstić information content (AvgIpc) is 3.21. The Labute approximate surface area is 226 Å². The number of nitrogens with one attached hydrogen (secondary N) is 3. The van der Waals surface area contributed by atoms with E-state index in [1.807, 2.05) is 4.90 Å². The second kappa shape index (κ2) is 13.4. The van der Waals surface area contributed by atoms with Crippen LogP contribution in [0.5, 0.6) is 0 Å². The van der Waals surface area contributed by atoms with Crippen molar-refractivity contribution in [3.05, 3.63) is 43.8 Å². The lowest BCUT2D eigenvalue weighted by atomic mass is 9.98. The van der Waals surface area contributed by atoms with Crippen molar-refractivity contribution in [1.29, 1.82) is 5.26 Å². The number of nitriles is 1. The number of halogens is 3. The predicted octanol–water partition coefficient (Wildman–Crippen LogP) is 0.775. The first-order valence-electron chi connectivity index (χ1n) is 12.2. The molecule has 3 rings (SSSR count). The standard InChI is InChI=1S/C25H29F3N6O4S/c1-2-34-23(38)20(39-24(34)19(11-29)22(37)31-15-25(26,27)28)12-30-17-4-3-5-18(10-17)32-21(36)13-33-8-6-16(14-35)7-9-33/h3-5,10,12,16,30,35H,2,6-9,13-15H2,1H3,(H,31,37)(H,32,36)/b20-12+,24-19-. The highest BCUT2D eigenvalue weighted by molar-refractivity contribution is 7.07. The van der Waals surface area contributed by atoms with Crippen LogP contribution in [0.25, 0.3) is 11.8 Å². The number of nitrogens with zero attached hydrogens (tertiary/aromatic N) is 3. The Morgan fingerprint density at radius 2 is 1.95 bits per heavy atom. The first kappa shape index (κ1) is 29.9. The Morgan fingerprint density at radius 3 is 2.56 bits per heavy atom. The molecule has 210 valence electrons. The summed E-state index contributed by atoms with van der Waals surface area (Å²) >= 11 is 0.800. The zero-order valence-electron chi connectivity index (χ0n) is 21.2. The highest BCUT2D eigenvalue weighted by Crippen LogP contribution is 2.18. The van der Waals surface area contributed by atoms with Gasteiger partial charge in [0.2, 0.25) is 5.91 Å². The van der Waals surface area contributed by atoms with Crippen molar-refractivity contribution in [2.45, 2.75) is 32.5 Å². The van der Waals surface area contributed by atoms with Gasteiger partial charge in [-0.3, -0.25) is 23.9 Å². The number of piperidine rings is 1. The quantitative estimate of drug-likeness (QED) is 0.352. The number of likely N-dealkylation sites (tertiary alicyclic amines) is 1. The van der Waals surface area contributed by atoms with E-state index in [1.165, 1.54) is 6.20 Å². The molecular formula is C25H29F3N6O4S. The summed E-state index contributed by atoms with van der Waals surface area (Å²) in [6.45, 7) is 1.96. The highest BCUT2D eigenvalue weighted by Gasteiger charge is 2.29. The predicted molar refractivity (Wildman–Crippen MR) is 141 cm³/mol. The van der Waals surface area contributed by atoms with Crippen LogP contribution >= 0.6 is 11.3 Å². The zero-order valence-corrected chi connectivity index (χ0v) is 22.0. The van der Waals surface area contributed by atoms with Crippen LogP contribution in [-0.4, -0.2) is 65.4 Å². The molecule has 4 N–H and O–H groups in total. The minimum Gasteiger partial charge on any atom is -0.396 e. The molecule has 0 spiro atoms. The van der Waals surface area contributed by atoms with Crippen molar-refractivity contribution in [2.75, 3.05) is 43.4 Å². The molecule has 0 aliphatic carbocycles. The maximum Gasteiger partial charge on any atom is 0.405 e. The molecular weight excluding hydrogens is 537 g/mol. The Bertz CT molecular complexity index is 1400. The van der Waals surface area contributed by atoms with Crippen molar-refractivity contribution >= 4 is 46.3 Å². The van der Waals surface area contributed by atoms with E-state index < -0.39 is 29.8 Å². The van der Waals surface area contributed by atoms with Gasteiger partial charge in [-0.25, -0.2) is 0 Å². The van der Waals surface area contributed by atoms with E-state index in [-0.39, 0.29) is 40.7 Å². The fourth-order valence-electron chi connectivity index (χ4n) is 4.02. The Hall–Kier alpha value is -3.67. The number of aliphatic hydroxyl groups excluding tert-OH is 1. The number of carbonyl (C=O) groups excluding carboxylic acids is 2. The van der Waals surface area contributed by atoms with Gasteiger partial charge in [0.1, 0.15) is 21.8 Å². The molecule has 2 amide bonds. The van der Waals surface area contributed by atoms with E-state index in [4.69, 9.17) is 0 Å². The second-order valence-electron chi connectivity index (χ2n) is 8.93. The third-order valence-electron chi connectivity index (χ3n) is 6.07. The average molecular weight is 567 g/mol. The molecule has 0 unspecified atom stereocenters. The van der Waals surface area contributed by atoms with Gasteiger partial charge in [-0.15, -0.1) is 11.3 Å². The molecule has 2 heterocycles. The van der Waals surface area contributed by atoms with Crippen LogP contribution in [0.15, 0.2) is 29.1 Å². The normalized spacial score (nSPS) is 15.9. The fourth-order valence-corrected chi connectivity index (χ4v) is 5.11. The maximum atomic E-state index is 12.8. The van der Waals surface area contributed by atoms with Crippen LogP contribution in [0.1, 0.15) is 19.8 Å². The van der Waals surface area contributed by atoms with Crippen molar-refractivity contribution in [1.82, 2.24) is 14.8 Å². The lowest BCUT2D eigenvalue weighted by Crippen LogP contribution is -2.39. The zero-order chi connectivity index (χ0) is 28.6. The molecule has 14 heteroatoms. The topological polar surface area (TPSA) is 139 Å². The molecule has 1 aromatic heterocycles. The number of anilines is 2. The molecule has 2 aromatic rings. The summed E-state index contributed by atoms with van der Waals surface area (Å²) in [6, 6.07) is 8.38. The van der Waals surface area contributed by atoms with Crippen molar-refractivity contribution < 1.29 is 27.9 Å². The molecule has 10 nitrogen and oxygen atoms in total. The molecule has 0 radical (unpaired) electrons. The summed E-state index contributed by atoms with van der Waals surface area (Å²) in [6.07, 6.45) is -1.59. The van der Waals surface area contributed by atoms with Crippen LogP contribution in [0.3, 0.4) is 0 Å². The van der Waals surface area contributed by atoms with Gasteiger partial charge in [-0.05, 0) is 57.0 Å². The highest BCUT2D eigenvalue weighted by atomic mass is 32.1. The molecule has 1 aliphatic rings. The van der Waals surface area contributed by atoms with E-state index in [0.29, 0.717) is 11.4 Å². The van der Waals surface area contributed by atoms with Gasteiger partial charge < -0.3 is 21.1 Å². The first-order chi connectivity index (χ1) is 18.5. The van der Waals surface area contributed by atoms with Gasteiger partial charge in [-0.2, -0.15) is 18.4 Å². The van der Waals surface area contributed by atoms with Crippen LogP contribution in [0.4, 0.5) is 24.5 Å². The minimum absolute atomic E-state index is 0.0539. The molecule has 0 atom stereocenters.